The Morgan fingerprint density at radius 3 is 2.76 bits per heavy atom. The van der Waals surface area contributed by atoms with E-state index in [1.165, 1.54) is 11.3 Å². The molecule has 1 unspecified atom stereocenters. The van der Waals surface area contributed by atoms with Gasteiger partial charge in [-0.25, -0.2) is 8.42 Å². The van der Waals surface area contributed by atoms with Crippen LogP contribution in [0.1, 0.15) is 23.1 Å². The fourth-order valence-electron chi connectivity index (χ4n) is 2.20. The summed E-state index contributed by atoms with van der Waals surface area (Å²) in [5.74, 6) is -0.0625. The fourth-order valence-corrected chi connectivity index (χ4v) is 5.21. The number of sulfone groups is 1. The van der Waals surface area contributed by atoms with Gasteiger partial charge in [0.25, 0.3) is 0 Å². The first-order chi connectivity index (χ1) is 8.08. The van der Waals surface area contributed by atoms with Gasteiger partial charge in [0.05, 0.1) is 0 Å². The maximum Gasteiger partial charge on any atom is 0.239 e. The summed E-state index contributed by atoms with van der Waals surface area (Å²) >= 11 is 1.40. The second kappa shape index (κ2) is 3.81. The van der Waals surface area contributed by atoms with Gasteiger partial charge in [0, 0.05) is 11.4 Å². The summed E-state index contributed by atoms with van der Waals surface area (Å²) in [6.07, 6.45) is 2.22. The molecule has 92 valence electrons. The van der Waals surface area contributed by atoms with Crippen molar-refractivity contribution in [1.29, 1.82) is 0 Å². The van der Waals surface area contributed by atoms with Gasteiger partial charge >= 0.3 is 0 Å². The van der Waals surface area contributed by atoms with Crippen LogP contribution in [0.5, 0.6) is 0 Å². The molecule has 1 aliphatic carbocycles. The van der Waals surface area contributed by atoms with Crippen LogP contribution < -0.4 is 0 Å². The third kappa shape index (κ3) is 1.99. The normalized spacial score (nSPS) is 27.6. The standard InChI is InChI=1S/C11H13NO3S2/c13-10-7-17(14,15)11(9-2-1-5-16-9)12(10)6-8-3-4-8/h1-2,5,8,11H,3-4,6-7H2. The van der Waals surface area contributed by atoms with Crippen molar-refractivity contribution >= 4 is 27.1 Å². The van der Waals surface area contributed by atoms with E-state index in [9.17, 15) is 13.2 Å². The highest BCUT2D eigenvalue weighted by molar-refractivity contribution is 7.92. The summed E-state index contributed by atoms with van der Waals surface area (Å²) < 4.78 is 24.1. The van der Waals surface area contributed by atoms with Crippen molar-refractivity contribution in [3.63, 3.8) is 0 Å². The molecular weight excluding hydrogens is 258 g/mol. The van der Waals surface area contributed by atoms with Gasteiger partial charge in [-0.15, -0.1) is 11.3 Å². The lowest BCUT2D eigenvalue weighted by Crippen LogP contribution is -2.30. The van der Waals surface area contributed by atoms with Crippen LogP contribution in [-0.2, 0) is 14.6 Å². The van der Waals surface area contributed by atoms with Crippen LogP contribution in [0, 0.1) is 5.92 Å². The molecule has 1 atom stereocenters. The Labute approximate surface area is 104 Å². The molecule has 6 heteroatoms. The average Bonchev–Trinajstić information content (AvgIpc) is 2.82. The number of amides is 1. The minimum atomic E-state index is -3.34. The molecule has 2 fully saturated rings. The molecule has 0 bridgehead atoms. The lowest BCUT2D eigenvalue weighted by molar-refractivity contribution is -0.128. The van der Waals surface area contributed by atoms with Gasteiger partial charge in [-0.05, 0) is 30.2 Å². The smallest absolute Gasteiger partial charge is 0.239 e. The third-order valence-electron chi connectivity index (χ3n) is 3.21. The Kier molecular flexibility index (Phi) is 2.52. The van der Waals surface area contributed by atoms with Gasteiger partial charge in [0.15, 0.2) is 15.2 Å². The predicted molar refractivity (Wildman–Crippen MR) is 65.3 cm³/mol. The van der Waals surface area contributed by atoms with E-state index in [1.54, 1.807) is 11.0 Å². The monoisotopic (exact) mass is 271 g/mol. The number of rotatable bonds is 3. The molecule has 1 amide bonds. The highest BCUT2D eigenvalue weighted by Gasteiger charge is 2.46. The zero-order valence-corrected chi connectivity index (χ0v) is 10.8. The van der Waals surface area contributed by atoms with Crippen molar-refractivity contribution in [2.75, 3.05) is 12.3 Å². The molecule has 1 aromatic heterocycles. The van der Waals surface area contributed by atoms with Crippen molar-refractivity contribution in [2.45, 2.75) is 18.2 Å². The topological polar surface area (TPSA) is 54.5 Å². The number of thiophene rings is 1. The lowest BCUT2D eigenvalue weighted by Gasteiger charge is -2.22. The molecule has 17 heavy (non-hydrogen) atoms. The molecule has 2 aliphatic rings. The SMILES string of the molecule is O=C1CS(=O)(=O)C(c2cccs2)N1CC1CC1. The number of carbonyl (C=O) groups is 1. The average molecular weight is 271 g/mol. The Morgan fingerprint density at radius 1 is 1.41 bits per heavy atom. The molecule has 1 saturated heterocycles. The number of hydrogen-bond acceptors (Lipinski definition) is 4. The number of nitrogens with zero attached hydrogens (tertiary/aromatic N) is 1. The highest BCUT2D eigenvalue weighted by Crippen LogP contribution is 2.39. The summed E-state index contributed by atoms with van der Waals surface area (Å²) in [7, 11) is -3.34. The molecule has 0 N–H and O–H groups in total. The number of carbonyl (C=O) groups excluding carboxylic acids is 1. The van der Waals surface area contributed by atoms with Crippen LogP contribution in [-0.4, -0.2) is 31.5 Å². The summed E-state index contributed by atoms with van der Waals surface area (Å²) in [6, 6.07) is 3.62. The Balaban J connectivity index is 1.96. The minimum Gasteiger partial charge on any atom is -0.320 e. The molecule has 3 rings (SSSR count). The van der Waals surface area contributed by atoms with E-state index in [0.29, 0.717) is 12.5 Å². The summed E-state index contributed by atoms with van der Waals surface area (Å²) in [5, 5.41) is 1.12. The van der Waals surface area contributed by atoms with Crippen LogP contribution in [0.4, 0.5) is 0 Å². The van der Waals surface area contributed by atoms with Gasteiger partial charge in [-0.3, -0.25) is 4.79 Å². The van der Waals surface area contributed by atoms with Gasteiger partial charge in [0.2, 0.25) is 5.91 Å². The van der Waals surface area contributed by atoms with Crippen LogP contribution >= 0.6 is 11.3 Å². The van der Waals surface area contributed by atoms with E-state index < -0.39 is 15.2 Å². The van der Waals surface area contributed by atoms with Gasteiger partial charge in [0.1, 0.15) is 5.75 Å². The molecule has 1 saturated carbocycles. The molecule has 0 spiro atoms. The van der Waals surface area contributed by atoms with Gasteiger partial charge in [-0.1, -0.05) is 6.07 Å². The zero-order valence-electron chi connectivity index (χ0n) is 9.20. The Morgan fingerprint density at radius 2 is 2.18 bits per heavy atom. The van der Waals surface area contributed by atoms with E-state index >= 15 is 0 Å². The maximum atomic E-state index is 12.0. The van der Waals surface area contributed by atoms with Gasteiger partial charge < -0.3 is 4.90 Å². The number of hydrogen-bond donors (Lipinski definition) is 0. The van der Waals surface area contributed by atoms with E-state index in [2.05, 4.69) is 0 Å². The van der Waals surface area contributed by atoms with E-state index in [1.807, 2.05) is 11.4 Å². The largest absolute Gasteiger partial charge is 0.320 e. The second-order valence-electron chi connectivity index (χ2n) is 4.66. The van der Waals surface area contributed by atoms with Crippen LogP contribution in [0.3, 0.4) is 0 Å². The van der Waals surface area contributed by atoms with E-state index in [0.717, 1.165) is 17.7 Å². The molecule has 1 aromatic rings. The maximum absolute atomic E-state index is 12.0. The van der Waals surface area contributed by atoms with E-state index in [4.69, 9.17) is 0 Å². The van der Waals surface area contributed by atoms with Gasteiger partial charge in [-0.2, -0.15) is 0 Å². The first-order valence-electron chi connectivity index (χ1n) is 5.62. The van der Waals surface area contributed by atoms with Crippen molar-refractivity contribution < 1.29 is 13.2 Å². The molecule has 4 nitrogen and oxygen atoms in total. The van der Waals surface area contributed by atoms with Crippen LogP contribution in [0.2, 0.25) is 0 Å². The summed E-state index contributed by atoms with van der Waals surface area (Å²) in [4.78, 5) is 14.1. The summed E-state index contributed by atoms with van der Waals surface area (Å²) in [6.45, 7) is 0.598. The molecule has 0 aromatic carbocycles. The first kappa shape index (κ1) is 11.2. The highest BCUT2D eigenvalue weighted by atomic mass is 32.2. The fraction of sp³-hybridized carbons (Fsp3) is 0.545. The minimum absolute atomic E-state index is 0.240. The first-order valence-corrected chi connectivity index (χ1v) is 8.22. The quantitative estimate of drug-likeness (QED) is 0.835. The molecular formula is C11H13NO3S2. The Hall–Kier alpha value is -0.880. The predicted octanol–water partition coefficient (Wildman–Crippen LogP) is 1.41. The zero-order chi connectivity index (χ0) is 12.0. The van der Waals surface area contributed by atoms with Crippen molar-refractivity contribution in [2.24, 2.45) is 5.92 Å². The van der Waals surface area contributed by atoms with Crippen molar-refractivity contribution in [3.05, 3.63) is 22.4 Å². The third-order valence-corrected chi connectivity index (χ3v) is 6.12. The molecule has 1 aliphatic heterocycles. The molecule has 2 heterocycles. The van der Waals surface area contributed by atoms with Crippen LogP contribution in [0.15, 0.2) is 17.5 Å². The second-order valence-corrected chi connectivity index (χ2v) is 7.70. The molecule has 0 radical (unpaired) electrons. The van der Waals surface area contributed by atoms with Crippen molar-refractivity contribution in [1.82, 2.24) is 4.90 Å². The van der Waals surface area contributed by atoms with E-state index in [-0.39, 0.29) is 11.7 Å². The lowest BCUT2D eigenvalue weighted by atomic mass is 10.3. The van der Waals surface area contributed by atoms with Crippen molar-refractivity contribution in [3.8, 4) is 0 Å². The summed E-state index contributed by atoms with van der Waals surface area (Å²) in [5.41, 5.74) is 0. The Bertz CT molecular complexity index is 531. The van der Waals surface area contributed by atoms with Crippen LogP contribution in [0.25, 0.3) is 0 Å².